The average molecular weight is 132 g/mol. The Morgan fingerprint density at radius 3 is 1.89 bits per heavy atom. The zero-order valence-electron chi connectivity index (χ0n) is 6.15. The molecule has 0 heterocycles. The summed E-state index contributed by atoms with van der Waals surface area (Å²) in [6.07, 6.45) is 0.0694. The zero-order valence-corrected chi connectivity index (χ0v) is 6.15. The SMILES string of the molecule is CCNC(CO)NCC. The Balaban J connectivity index is 3.18. The van der Waals surface area contributed by atoms with Gasteiger partial charge in [0, 0.05) is 0 Å². The summed E-state index contributed by atoms with van der Waals surface area (Å²) in [6, 6.07) is 0. The number of rotatable bonds is 5. The van der Waals surface area contributed by atoms with Gasteiger partial charge in [-0.2, -0.15) is 0 Å². The van der Waals surface area contributed by atoms with Gasteiger partial charge in [0.2, 0.25) is 0 Å². The van der Waals surface area contributed by atoms with Gasteiger partial charge < -0.3 is 15.7 Å². The largest absolute Gasteiger partial charge is 0.393 e. The fraction of sp³-hybridized carbons (Fsp3) is 1.00. The van der Waals surface area contributed by atoms with Gasteiger partial charge in [0.1, 0.15) is 0 Å². The van der Waals surface area contributed by atoms with E-state index < -0.39 is 0 Å². The molecule has 0 amide bonds. The molecule has 0 spiro atoms. The van der Waals surface area contributed by atoms with Crippen molar-refractivity contribution in [2.24, 2.45) is 0 Å². The Kier molecular flexibility index (Phi) is 5.93. The second-order valence-corrected chi connectivity index (χ2v) is 1.85. The summed E-state index contributed by atoms with van der Waals surface area (Å²) in [5.74, 6) is 0. The predicted octanol–water partition coefficient (Wildman–Crippen LogP) is -0.476. The maximum absolute atomic E-state index is 8.66. The fourth-order valence-corrected chi connectivity index (χ4v) is 0.694. The van der Waals surface area contributed by atoms with Crippen LogP contribution in [0.1, 0.15) is 13.8 Å². The maximum atomic E-state index is 8.66. The zero-order chi connectivity index (χ0) is 7.11. The lowest BCUT2D eigenvalue weighted by Gasteiger charge is -2.14. The van der Waals surface area contributed by atoms with Gasteiger partial charge in [-0.25, -0.2) is 0 Å². The third-order valence-corrected chi connectivity index (χ3v) is 1.08. The van der Waals surface area contributed by atoms with Crippen LogP contribution in [-0.4, -0.2) is 31.0 Å². The number of aliphatic hydroxyl groups is 1. The fourth-order valence-electron chi connectivity index (χ4n) is 0.694. The summed E-state index contributed by atoms with van der Waals surface area (Å²) in [4.78, 5) is 0. The van der Waals surface area contributed by atoms with Crippen LogP contribution < -0.4 is 10.6 Å². The molecule has 0 saturated heterocycles. The Hall–Kier alpha value is -0.120. The molecule has 0 fully saturated rings. The van der Waals surface area contributed by atoms with Crippen LogP contribution in [-0.2, 0) is 0 Å². The van der Waals surface area contributed by atoms with Crippen molar-refractivity contribution < 1.29 is 5.11 Å². The van der Waals surface area contributed by atoms with E-state index in [-0.39, 0.29) is 12.8 Å². The molecule has 9 heavy (non-hydrogen) atoms. The molecule has 56 valence electrons. The summed E-state index contributed by atoms with van der Waals surface area (Å²) in [7, 11) is 0. The molecule has 0 rings (SSSR count). The summed E-state index contributed by atoms with van der Waals surface area (Å²) in [5.41, 5.74) is 0. The minimum atomic E-state index is 0.0694. The van der Waals surface area contributed by atoms with Crippen LogP contribution >= 0.6 is 0 Å². The van der Waals surface area contributed by atoms with Gasteiger partial charge in [-0.15, -0.1) is 0 Å². The highest BCUT2D eigenvalue weighted by atomic mass is 16.3. The topological polar surface area (TPSA) is 44.3 Å². The van der Waals surface area contributed by atoms with Gasteiger partial charge in [0.05, 0.1) is 12.8 Å². The molecular weight excluding hydrogens is 116 g/mol. The standard InChI is InChI=1S/C6H16N2O/c1-3-7-6(5-9)8-4-2/h6-9H,3-5H2,1-2H3. The smallest absolute Gasteiger partial charge is 0.0810 e. The van der Waals surface area contributed by atoms with Crippen LogP contribution in [0.25, 0.3) is 0 Å². The Morgan fingerprint density at radius 1 is 1.22 bits per heavy atom. The van der Waals surface area contributed by atoms with Crippen molar-refractivity contribution in [3.63, 3.8) is 0 Å². The van der Waals surface area contributed by atoms with E-state index in [9.17, 15) is 0 Å². The molecule has 0 aliphatic carbocycles. The molecule has 0 saturated carbocycles. The van der Waals surface area contributed by atoms with Crippen molar-refractivity contribution in [3.05, 3.63) is 0 Å². The second-order valence-electron chi connectivity index (χ2n) is 1.85. The molecule has 0 radical (unpaired) electrons. The lowest BCUT2D eigenvalue weighted by atomic mass is 10.5. The molecule has 0 unspecified atom stereocenters. The normalized spacial score (nSPS) is 10.7. The van der Waals surface area contributed by atoms with Crippen molar-refractivity contribution in [3.8, 4) is 0 Å². The van der Waals surface area contributed by atoms with Crippen LogP contribution in [0.4, 0.5) is 0 Å². The molecule has 0 aromatic rings. The van der Waals surface area contributed by atoms with E-state index in [1.54, 1.807) is 0 Å². The van der Waals surface area contributed by atoms with E-state index in [1.807, 2.05) is 13.8 Å². The molecule has 0 aromatic heterocycles. The Morgan fingerprint density at radius 2 is 1.67 bits per heavy atom. The minimum absolute atomic E-state index is 0.0694. The van der Waals surface area contributed by atoms with Crippen LogP contribution in [0.3, 0.4) is 0 Å². The van der Waals surface area contributed by atoms with Crippen LogP contribution in [0.2, 0.25) is 0 Å². The molecule has 0 aromatic carbocycles. The molecule has 3 heteroatoms. The molecule has 0 aliphatic rings. The van der Waals surface area contributed by atoms with Crippen LogP contribution in [0.15, 0.2) is 0 Å². The summed E-state index contributed by atoms with van der Waals surface area (Å²) < 4.78 is 0. The van der Waals surface area contributed by atoms with Crippen LogP contribution in [0, 0.1) is 0 Å². The van der Waals surface area contributed by atoms with Gasteiger partial charge in [-0.1, -0.05) is 13.8 Å². The Bertz CT molecular complexity index is 53.0. The van der Waals surface area contributed by atoms with Crippen molar-refractivity contribution in [2.75, 3.05) is 19.7 Å². The van der Waals surface area contributed by atoms with Crippen LogP contribution in [0.5, 0.6) is 0 Å². The van der Waals surface area contributed by atoms with Gasteiger partial charge >= 0.3 is 0 Å². The number of hydrogen-bond donors (Lipinski definition) is 3. The summed E-state index contributed by atoms with van der Waals surface area (Å²) >= 11 is 0. The van der Waals surface area contributed by atoms with E-state index in [2.05, 4.69) is 10.6 Å². The number of hydrogen-bond acceptors (Lipinski definition) is 3. The molecular formula is C6H16N2O. The predicted molar refractivity (Wildman–Crippen MR) is 38.2 cm³/mol. The van der Waals surface area contributed by atoms with Gasteiger partial charge in [-0.3, -0.25) is 0 Å². The van der Waals surface area contributed by atoms with E-state index in [0.29, 0.717) is 0 Å². The molecule has 3 nitrogen and oxygen atoms in total. The van der Waals surface area contributed by atoms with E-state index in [4.69, 9.17) is 5.11 Å². The number of nitrogens with one attached hydrogen (secondary N) is 2. The first-order valence-corrected chi connectivity index (χ1v) is 3.42. The maximum Gasteiger partial charge on any atom is 0.0810 e. The number of likely N-dealkylation sites (N-methyl/N-ethyl adjacent to an activating group) is 2. The second kappa shape index (κ2) is 6.01. The van der Waals surface area contributed by atoms with Crippen molar-refractivity contribution in [1.82, 2.24) is 10.6 Å². The third-order valence-electron chi connectivity index (χ3n) is 1.08. The highest BCUT2D eigenvalue weighted by molar-refractivity contribution is 4.58. The minimum Gasteiger partial charge on any atom is -0.393 e. The lowest BCUT2D eigenvalue weighted by Crippen LogP contribution is -2.44. The quantitative estimate of drug-likeness (QED) is 0.443. The monoisotopic (exact) mass is 132 g/mol. The first-order valence-electron chi connectivity index (χ1n) is 3.42. The van der Waals surface area contributed by atoms with E-state index in [1.165, 1.54) is 0 Å². The lowest BCUT2D eigenvalue weighted by molar-refractivity contribution is 0.223. The van der Waals surface area contributed by atoms with E-state index >= 15 is 0 Å². The Labute approximate surface area is 56.5 Å². The highest BCUT2D eigenvalue weighted by Crippen LogP contribution is 1.72. The number of aliphatic hydroxyl groups excluding tert-OH is 1. The first-order chi connectivity index (χ1) is 4.35. The molecule has 3 N–H and O–H groups in total. The van der Waals surface area contributed by atoms with E-state index in [0.717, 1.165) is 13.1 Å². The van der Waals surface area contributed by atoms with Gasteiger partial charge in [0.15, 0.2) is 0 Å². The van der Waals surface area contributed by atoms with Crippen molar-refractivity contribution >= 4 is 0 Å². The first kappa shape index (κ1) is 8.88. The van der Waals surface area contributed by atoms with Crippen molar-refractivity contribution in [2.45, 2.75) is 20.0 Å². The summed E-state index contributed by atoms with van der Waals surface area (Å²) in [6.45, 7) is 5.96. The molecule has 0 aliphatic heterocycles. The molecule has 0 bridgehead atoms. The van der Waals surface area contributed by atoms with Gasteiger partial charge in [-0.05, 0) is 13.1 Å². The average Bonchev–Trinajstić information content (AvgIpc) is 1.88. The highest BCUT2D eigenvalue weighted by Gasteiger charge is 1.99. The summed E-state index contributed by atoms with van der Waals surface area (Å²) in [5, 5.41) is 14.8. The van der Waals surface area contributed by atoms with Gasteiger partial charge in [0.25, 0.3) is 0 Å². The van der Waals surface area contributed by atoms with Crippen molar-refractivity contribution in [1.29, 1.82) is 0 Å². The third kappa shape index (κ3) is 4.39. The molecule has 0 atom stereocenters.